The number of hydrazine groups is 1. The zero-order valence-corrected chi connectivity index (χ0v) is 11.0. The van der Waals surface area contributed by atoms with Crippen LogP contribution in [0.2, 0.25) is 0 Å². The van der Waals surface area contributed by atoms with Gasteiger partial charge in [-0.25, -0.2) is 0 Å². The monoisotopic (exact) mass is 246 g/mol. The van der Waals surface area contributed by atoms with Gasteiger partial charge in [-0.2, -0.15) is 0 Å². The van der Waals surface area contributed by atoms with E-state index >= 15 is 0 Å². The summed E-state index contributed by atoms with van der Waals surface area (Å²) >= 11 is 0. The third-order valence-electron chi connectivity index (χ3n) is 3.55. The average Bonchev–Trinajstić information content (AvgIpc) is 2.46. The number of benzene rings is 1. The van der Waals surface area contributed by atoms with E-state index in [2.05, 4.69) is 17.6 Å². The highest BCUT2D eigenvalue weighted by Crippen LogP contribution is 2.28. The molecule has 1 aliphatic carbocycles. The van der Waals surface area contributed by atoms with Crippen LogP contribution in [0.5, 0.6) is 5.75 Å². The first-order valence-electron chi connectivity index (χ1n) is 6.61. The summed E-state index contributed by atoms with van der Waals surface area (Å²) < 4.78 is 5.26. The summed E-state index contributed by atoms with van der Waals surface area (Å²) in [6.45, 7) is 0. The molecule has 1 aromatic carbocycles. The summed E-state index contributed by atoms with van der Waals surface area (Å²) in [5, 5.41) is 0. The molecule has 0 saturated heterocycles. The van der Waals surface area contributed by atoms with Crippen molar-refractivity contribution in [2.24, 2.45) is 5.84 Å². The molecule has 2 rings (SSSR count). The van der Waals surface area contributed by atoms with Crippen LogP contribution in [0.1, 0.15) is 43.7 Å². The van der Waals surface area contributed by atoms with Gasteiger partial charge in [0.05, 0.1) is 7.11 Å². The molecule has 18 heavy (non-hydrogen) atoms. The summed E-state index contributed by atoms with van der Waals surface area (Å²) in [5.74, 6) is 6.58. The van der Waals surface area contributed by atoms with Gasteiger partial charge in [-0.15, -0.1) is 0 Å². The predicted molar refractivity (Wildman–Crippen MR) is 74.2 cm³/mol. The second-order valence-corrected chi connectivity index (χ2v) is 4.81. The predicted octanol–water partition coefficient (Wildman–Crippen LogP) is 3.09. The number of nitrogens with two attached hydrogens (primary N) is 1. The quantitative estimate of drug-likeness (QED) is 0.477. The molecular weight excluding hydrogens is 224 g/mol. The van der Waals surface area contributed by atoms with Crippen LogP contribution in [0.25, 0.3) is 0 Å². The van der Waals surface area contributed by atoms with Crippen molar-refractivity contribution in [2.45, 2.75) is 38.1 Å². The molecule has 3 nitrogen and oxygen atoms in total. The lowest BCUT2D eigenvalue weighted by Crippen LogP contribution is -2.28. The fraction of sp³-hybridized carbons (Fsp3) is 0.467. The van der Waals surface area contributed by atoms with E-state index in [4.69, 9.17) is 10.6 Å². The van der Waals surface area contributed by atoms with Crippen LogP contribution in [-0.4, -0.2) is 7.11 Å². The first-order valence-corrected chi connectivity index (χ1v) is 6.61. The van der Waals surface area contributed by atoms with Crippen molar-refractivity contribution in [3.8, 4) is 5.75 Å². The van der Waals surface area contributed by atoms with Gasteiger partial charge in [-0.3, -0.25) is 11.3 Å². The number of hydrogen-bond donors (Lipinski definition) is 2. The highest BCUT2D eigenvalue weighted by Gasteiger charge is 2.14. The lowest BCUT2D eigenvalue weighted by molar-refractivity contribution is 0.412. The molecule has 1 unspecified atom stereocenters. The molecule has 0 aromatic heterocycles. The van der Waals surface area contributed by atoms with Crippen LogP contribution in [0.15, 0.2) is 35.9 Å². The van der Waals surface area contributed by atoms with Crippen molar-refractivity contribution in [3.63, 3.8) is 0 Å². The molecule has 0 radical (unpaired) electrons. The largest absolute Gasteiger partial charge is 0.497 e. The molecule has 3 N–H and O–H groups in total. The van der Waals surface area contributed by atoms with Gasteiger partial charge in [0.1, 0.15) is 5.75 Å². The maximum absolute atomic E-state index is 5.70. The van der Waals surface area contributed by atoms with Crippen molar-refractivity contribution in [2.75, 3.05) is 7.11 Å². The van der Waals surface area contributed by atoms with Gasteiger partial charge >= 0.3 is 0 Å². The molecule has 3 heteroatoms. The SMILES string of the molecule is COc1cccc(C(CC2=CCCCC2)NN)c1. The second-order valence-electron chi connectivity index (χ2n) is 4.81. The lowest BCUT2D eigenvalue weighted by Gasteiger charge is -2.21. The van der Waals surface area contributed by atoms with Crippen LogP contribution in [0.4, 0.5) is 0 Å². The Hall–Kier alpha value is -1.32. The van der Waals surface area contributed by atoms with Crippen LogP contribution in [0, 0.1) is 0 Å². The van der Waals surface area contributed by atoms with Crippen molar-refractivity contribution in [3.05, 3.63) is 41.5 Å². The van der Waals surface area contributed by atoms with Crippen molar-refractivity contribution in [1.82, 2.24) is 5.43 Å². The number of allylic oxidation sites excluding steroid dienone is 1. The summed E-state index contributed by atoms with van der Waals surface area (Å²) in [5.41, 5.74) is 5.62. The number of hydrogen-bond acceptors (Lipinski definition) is 3. The zero-order chi connectivity index (χ0) is 12.8. The Kier molecular flexibility index (Phi) is 4.79. The Bertz CT molecular complexity index is 415. The number of nitrogens with one attached hydrogen (secondary N) is 1. The van der Waals surface area contributed by atoms with E-state index in [0.29, 0.717) is 0 Å². The fourth-order valence-electron chi connectivity index (χ4n) is 2.48. The Morgan fingerprint density at radius 3 is 2.94 bits per heavy atom. The highest BCUT2D eigenvalue weighted by atomic mass is 16.5. The molecule has 0 spiro atoms. The molecule has 98 valence electrons. The molecular formula is C15H22N2O. The van der Waals surface area contributed by atoms with Crippen molar-refractivity contribution >= 4 is 0 Å². The number of methoxy groups -OCH3 is 1. The molecule has 0 aliphatic heterocycles. The van der Waals surface area contributed by atoms with E-state index in [9.17, 15) is 0 Å². The molecule has 0 heterocycles. The Balaban J connectivity index is 2.09. The van der Waals surface area contributed by atoms with Gasteiger partial charge in [0, 0.05) is 6.04 Å². The standard InChI is InChI=1S/C15H22N2O/c1-18-14-9-5-8-13(11-14)15(17-16)10-12-6-3-2-4-7-12/h5-6,8-9,11,15,17H,2-4,7,10,16H2,1H3. The first-order chi connectivity index (χ1) is 8.83. The van der Waals surface area contributed by atoms with Gasteiger partial charge in [0.25, 0.3) is 0 Å². The van der Waals surface area contributed by atoms with Gasteiger partial charge in [0.2, 0.25) is 0 Å². The van der Waals surface area contributed by atoms with Crippen molar-refractivity contribution < 1.29 is 4.74 Å². The van der Waals surface area contributed by atoms with Gasteiger partial charge in [0.15, 0.2) is 0 Å². The van der Waals surface area contributed by atoms with Gasteiger partial charge in [-0.1, -0.05) is 23.8 Å². The summed E-state index contributed by atoms with van der Waals surface area (Å²) in [6.07, 6.45) is 8.41. The minimum atomic E-state index is 0.171. The molecule has 0 bridgehead atoms. The summed E-state index contributed by atoms with van der Waals surface area (Å²) in [4.78, 5) is 0. The Morgan fingerprint density at radius 1 is 1.39 bits per heavy atom. The first kappa shape index (κ1) is 13.1. The van der Waals surface area contributed by atoms with E-state index in [1.165, 1.54) is 36.8 Å². The maximum Gasteiger partial charge on any atom is 0.119 e. The van der Waals surface area contributed by atoms with E-state index in [1.54, 1.807) is 7.11 Å². The van der Waals surface area contributed by atoms with E-state index in [0.717, 1.165) is 12.2 Å². The van der Waals surface area contributed by atoms with Gasteiger partial charge in [-0.05, 0) is 49.8 Å². The summed E-state index contributed by atoms with van der Waals surface area (Å²) in [6, 6.07) is 8.28. The average molecular weight is 246 g/mol. The minimum absolute atomic E-state index is 0.171. The van der Waals surface area contributed by atoms with Crippen LogP contribution < -0.4 is 16.0 Å². The van der Waals surface area contributed by atoms with E-state index < -0.39 is 0 Å². The molecule has 1 aliphatic rings. The molecule has 0 amide bonds. The van der Waals surface area contributed by atoms with Crippen molar-refractivity contribution in [1.29, 1.82) is 0 Å². The minimum Gasteiger partial charge on any atom is -0.497 e. The number of ether oxygens (including phenoxy) is 1. The van der Waals surface area contributed by atoms with Crippen LogP contribution in [0.3, 0.4) is 0 Å². The lowest BCUT2D eigenvalue weighted by atomic mass is 9.92. The molecule has 0 saturated carbocycles. The fourth-order valence-corrected chi connectivity index (χ4v) is 2.48. The van der Waals surface area contributed by atoms with E-state index in [1.807, 2.05) is 18.2 Å². The Labute approximate surface area is 109 Å². The van der Waals surface area contributed by atoms with E-state index in [-0.39, 0.29) is 6.04 Å². The van der Waals surface area contributed by atoms with Gasteiger partial charge < -0.3 is 4.74 Å². The third kappa shape index (κ3) is 3.34. The molecule has 1 atom stereocenters. The van der Waals surface area contributed by atoms with Crippen LogP contribution in [-0.2, 0) is 0 Å². The third-order valence-corrected chi connectivity index (χ3v) is 3.55. The topological polar surface area (TPSA) is 47.3 Å². The summed E-state index contributed by atoms with van der Waals surface area (Å²) in [7, 11) is 1.69. The number of rotatable bonds is 5. The maximum atomic E-state index is 5.70. The van der Waals surface area contributed by atoms with Crippen LogP contribution >= 0.6 is 0 Å². The molecule has 1 aromatic rings. The normalized spacial score (nSPS) is 17.1. The second kappa shape index (κ2) is 6.57. The Morgan fingerprint density at radius 2 is 2.28 bits per heavy atom. The highest BCUT2D eigenvalue weighted by molar-refractivity contribution is 5.31. The molecule has 0 fully saturated rings. The zero-order valence-electron chi connectivity index (χ0n) is 11.0. The smallest absolute Gasteiger partial charge is 0.119 e.